The van der Waals surface area contributed by atoms with Crippen LogP contribution in [0.2, 0.25) is 0 Å². The van der Waals surface area contributed by atoms with E-state index in [9.17, 15) is 5.11 Å². The Bertz CT molecular complexity index is 397. The van der Waals surface area contributed by atoms with Crippen LogP contribution in [0.3, 0.4) is 0 Å². The van der Waals surface area contributed by atoms with Crippen molar-refractivity contribution in [1.82, 2.24) is 14.8 Å². The van der Waals surface area contributed by atoms with Gasteiger partial charge in [-0.05, 0) is 38.5 Å². The van der Waals surface area contributed by atoms with Gasteiger partial charge in [0.2, 0.25) is 0 Å². The average Bonchev–Trinajstić information content (AvgIpc) is 2.78. The van der Waals surface area contributed by atoms with E-state index in [-0.39, 0.29) is 6.10 Å². The molecule has 1 unspecified atom stereocenters. The molecule has 1 atom stereocenters. The summed E-state index contributed by atoms with van der Waals surface area (Å²) < 4.78 is 1.90. The van der Waals surface area contributed by atoms with Crippen molar-refractivity contribution in [3.05, 3.63) is 23.8 Å². The SMILES string of the molecule is CCCn1ncnc1CC(O)CC1=CCCCC1. The molecular weight excluding hydrogens is 226 g/mol. The van der Waals surface area contributed by atoms with Crippen LogP contribution in [0.5, 0.6) is 0 Å². The van der Waals surface area contributed by atoms with E-state index >= 15 is 0 Å². The summed E-state index contributed by atoms with van der Waals surface area (Å²) in [5.74, 6) is 0.903. The molecule has 100 valence electrons. The lowest BCUT2D eigenvalue weighted by Crippen LogP contribution is -2.16. The van der Waals surface area contributed by atoms with Gasteiger partial charge >= 0.3 is 0 Å². The van der Waals surface area contributed by atoms with Gasteiger partial charge < -0.3 is 5.11 Å². The van der Waals surface area contributed by atoms with Crippen LogP contribution in [0.4, 0.5) is 0 Å². The van der Waals surface area contributed by atoms with Gasteiger partial charge in [0.1, 0.15) is 12.2 Å². The third-order valence-electron chi connectivity index (χ3n) is 3.43. The van der Waals surface area contributed by atoms with Crippen LogP contribution in [0, 0.1) is 0 Å². The van der Waals surface area contributed by atoms with E-state index in [0.29, 0.717) is 6.42 Å². The van der Waals surface area contributed by atoms with Gasteiger partial charge in [-0.2, -0.15) is 5.10 Å². The van der Waals surface area contributed by atoms with Gasteiger partial charge in [-0.1, -0.05) is 18.6 Å². The van der Waals surface area contributed by atoms with Crippen LogP contribution in [0.1, 0.15) is 51.3 Å². The maximum atomic E-state index is 10.1. The molecule has 1 heterocycles. The average molecular weight is 249 g/mol. The van der Waals surface area contributed by atoms with E-state index in [4.69, 9.17) is 0 Å². The van der Waals surface area contributed by atoms with Crippen LogP contribution in [0.25, 0.3) is 0 Å². The summed E-state index contributed by atoms with van der Waals surface area (Å²) in [6, 6.07) is 0. The van der Waals surface area contributed by atoms with Crippen LogP contribution in [-0.4, -0.2) is 26.0 Å². The second-order valence-corrected chi connectivity index (χ2v) is 5.07. The highest BCUT2D eigenvalue weighted by Crippen LogP contribution is 2.22. The lowest BCUT2D eigenvalue weighted by Gasteiger charge is -2.16. The van der Waals surface area contributed by atoms with E-state index < -0.39 is 0 Å². The van der Waals surface area contributed by atoms with Crippen molar-refractivity contribution < 1.29 is 5.11 Å². The summed E-state index contributed by atoms with van der Waals surface area (Å²) in [6.07, 6.45) is 10.9. The maximum Gasteiger partial charge on any atom is 0.138 e. The summed E-state index contributed by atoms with van der Waals surface area (Å²) >= 11 is 0. The third kappa shape index (κ3) is 3.67. The largest absolute Gasteiger partial charge is 0.392 e. The Morgan fingerprint density at radius 1 is 1.39 bits per heavy atom. The molecule has 18 heavy (non-hydrogen) atoms. The van der Waals surface area contributed by atoms with Crippen LogP contribution in [-0.2, 0) is 13.0 Å². The fraction of sp³-hybridized carbons (Fsp3) is 0.714. The molecule has 0 amide bonds. The Hall–Kier alpha value is -1.16. The van der Waals surface area contributed by atoms with Gasteiger partial charge in [0.05, 0.1) is 6.10 Å². The molecule has 0 aromatic carbocycles. The smallest absolute Gasteiger partial charge is 0.138 e. The molecule has 2 rings (SSSR count). The molecule has 1 aliphatic carbocycles. The highest BCUT2D eigenvalue weighted by Gasteiger charge is 2.14. The quantitative estimate of drug-likeness (QED) is 0.788. The standard InChI is InChI=1S/C14H23N3O/c1-2-8-17-14(15-11-16-17)10-13(18)9-12-6-4-3-5-7-12/h6,11,13,18H,2-5,7-10H2,1H3. The number of aliphatic hydroxyl groups is 1. The van der Waals surface area contributed by atoms with E-state index in [2.05, 4.69) is 23.1 Å². The summed E-state index contributed by atoms with van der Waals surface area (Å²) in [5, 5.41) is 14.3. The monoisotopic (exact) mass is 249 g/mol. The van der Waals surface area contributed by atoms with Crippen LogP contribution in [0.15, 0.2) is 18.0 Å². The summed E-state index contributed by atoms with van der Waals surface area (Å²) in [7, 11) is 0. The van der Waals surface area contributed by atoms with Crippen molar-refractivity contribution in [3.63, 3.8) is 0 Å². The van der Waals surface area contributed by atoms with Gasteiger partial charge in [0.25, 0.3) is 0 Å². The summed E-state index contributed by atoms with van der Waals surface area (Å²) in [6.45, 7) is 3.00. The number of nitrogens with zero attached hydrogens (tertiary/aromatic N) is 3. The summed E-state index contributed by atoms with van der Waals surface area (Å²) in [5.41, 5.74) is 1.41. The molecule has 1 aromatic rings. The van der Waals surface area contributed by atoms with E-state index in [1.807, 2.05) is 4.68 Å². The number of hydrogen-bond acceptors (Lipinski definition) is 3. The molecular formula is C14H23N3O. The lowest BCUT2D eigenvalue weighted by molar-refractivity contribution is 0.169. The maximum absolute atomic E-state index is 10.1. The van der Waals surface area contributed by atoms with Crippen molar-refractivity contribution in [3.8, 4) is 0 Å². The highest BCUT2D eigenvalue weighted by atomic mass is 16.3. The number of aromatic nitrogens is 3. The van der Waals surface area contributed by atoms with Crippen molar-refractivity contribution in [2.24, 2.45) is 0 Å². The van der Waals surface area contributed by atoms with E-state index in [0.717, 1.165) is 31.6 Å². The number of allylic oxidation sites excluding steroid dienone is 1. The Kier molecular flexibility index (Phi) is 4.93. The van der Waals surface area contributed by atoms with Gasteiger partial charge in [-0.25, -0.2) is 4.98 Å². The minimum Gasteiger partial charge on any atom is -0.392 e. The van der Waals surface area contributed by atoms with Gasteiger partial charge in [-0.3, -0.25) is 4.68 Å². The summed E-state index contributed by atoms with van der Waals surface area (Å²) in [4.78, 5) is 4.24. The first kappa shape index (κ1) is 13.3. The van der Waals surface area contributed by atoms with Crippen LogP contribution >= 0.6 is 0 Å². The predicted molar refractivity (Wildman–Crippen MR) is 71.2 cm³/mol. The zero-order valence-corrected chi connectivity index (χ0v) is 11.2. The topological polar surface area (TPSA) is 50.9 Å². The lowest BCUT2D eigenvalue weighted by atomic mass is 9.94. The molecule has 0 saturated carbocycles. The molecule has 0 aliphatic heterocycles. The molecule has 4 nitrogen and oxygen atoms in total. The highest BCUT2D eigenvalue weighted by molar-refractivity contribution is 5.07. The Labute approximate surface area is 109 Å². The Morgan fingerprint density at radius 2 is 2.28 bits per heavy atom. The first-order valence-electron chi connectivity index (χ1n) is 7.02. The van der Waals surface area contributed by atoms with Crippen LogP contribution < -0.4 is 0 Å². The Balaban J connectivity index is 1.88. The fourth-order valence-corrected chi connectivity index (χ4v) is 2.52. The number of aryl methyl sites for hydroxylation is 1. The van der Waals surface area contributed by atoms with Gasteiger partial charge in [0, 0.05) is 13.0 Å². The van der Waals surface area contributed by atoms with Gasteiger partial charge in [-0.15, -0.1) is 0 Å². The normalized spacial score (nSPS) is 17.6. The van der Waals surface area contributed by atoms with E-state index in [1.54, 1.807) is 6.33 Å². The zero-order chi connectivity index (χ0) is 12.8. The fourth-order valence-electron chi connectivity index (χ4n) is 2.52. The van der Waals surface area contributed by atoms with Crippen molar-refractivity contribution in [1.29, 1.82) is 0 Å². The van der Waals surface area contributed by atoms with Crippen molar-refractivity contribution >= 4 is 0 Å². The number of rotatable bonds is 6. The number of hydrogen-bond donors (Lipinski definition) is 1. The predicted octanol–water partition coefficient (Wildman–Crippen LogP) is 2.48. The second-order valence-electron chi connectivity index (χ2n) is 5.07. The molecule has 4 heteroatoms. The van der Waals surface area contributed by atoms with Gasteiger partial charge in [0.15, 0.2) is 0 Å². The molecule has 0 saturated heterocycles. The number of aliphatic hydroxyl groups excluding tert-OH is 1. The molecule has 0 bridgehead atoms. The second kappa shape index (κ2) is 6.69. The van der Waals surface area contributed by atoms with Crippen molar-refractivity contribution in [2.75, 3.05) is 0 Å². The molecule has 1 N–H and O–H groups in total. The van der Waals surface area contributed by atoms with E-state index in [1.165, 1.54) is 24.8 Å². The molecule has 0 radical (unpaired) electrons. The molecule has 0 fully saturated rings. The molecule has 0 spiro atoms. The minimum atomic E-state index is -0.325. The first-order chi connectivity index (χ1) is 8.79. The first-order valence-corrected chi connectivity index (χ1v) is 7.02. The third-order valence-corrected chi connectivity index (χ3v) is 3.43. The molecule has 1 aromatic heterocycles. The molecule has 1 aliphatic rings. The minimum absolute atomic E-state index is 0.325. The van der Waals surface area contributed by atoms with Crippen molar-refractivity contribution in [2.45, 2.75) is 64.5 Å². The zero-order valence-electron chi connectivity index (χ0n) is 11.2. The Morgan fingerprint density at radius 3 is 3.00 bits per heavy atom.